The topological polar surface area (TPSA) is 96.9 Å². The molecule has 0 spiro atoms. The maximum absolute atomic E-state index is 13.0. The summed E-state index contributed by atoms with van der Waals surface area (Å²) in [5.41, 5.74) is 3.26. The Hall–Kier alpha value is -2.65. The summed E-state index contributed by atoms with van der Waals surface area (Å²) in [6.45, 7) is 1.95. The first kappa shape index (κ1) is 28.4. The zero-order valence-corrected chi connectivity index (χ0v) is 23.5. The molecule has 0 aromatic heterocycles. The number of thioether (sulfide) groups is 1. The number of aliphatic carboxylic acids is 1. The Kier molecular flexibility index (Phi) is 9.31. The monoisotopic (exact) mass is 576 g/mol. The third-order valence-corrected chi connectivity index (χ3v) is 8.06. The molecule has 1 unspecified atom stereocenters. The SMILES string of the molecule is COc1cc(COC2CCCCC2)cc(Cl)c1C1=CSC(Cl)(NC(=O)c2cccc(/C=C(\C)C(=O)O)c2)N1. The number of hydrogen-bond acceptors (Lipinski definition) is 6. The van der Waals surface area contributed by atoms with E-state index < -0.39 is 16.3 Å². The molecule has 1 heterocycles. The van der Waals surface area contributed by atoms with E-state index in [1.165, 1.54) is 44.0 Å². The van der Waals surface area contributed by atoms with Crippen LogP contribution in [0.5, 0.6) is 5.75 Å². The lowest BCUT2D eigenvalue weighted by Crippen LogP contribution is -2.48. The Morgan fingerprint density at radius 2 is 2.00 bits per heavy atom. The lowest BCUT2D eigenvalue weighted by Gasteiger charge is -2.25. The fraction of sp³-hybridized carbons (Fsp3) is 0.357. The van der Waals surface area contributed by atoms with Crippen LogP contribution < -0.4 is 15.4 Å². The zero-order chi connectivity index (χ0) is 27.3. The van der Waals surface area contributed by atoms with Crippen molar-refractivity contribution in [2.45, 2.75) is 56.2 Å². The minimum absolute atomic E-state index is 0.163. The number of carbonyl (C=O) groups excluding carboxylic acids is 1. The van der Waals surface area contributed by atoms with Crippen molar-refractivity contribution < 1.29 is 24.2 Å². The van der Waals surface area contributed by atoms with Gasteiger partial charge in [0.25, 0.3) is 5.91 Å². The van der Waals surface area contributed by atoms with Crippen molar-refractivity contribution in [3.8, 4) is 5.75 Å². The van der Waals surface area contributed by atoms with Gasteiger partial charge in [-0.05, 0) is 61.2 Å². The normalized spacial score (nSPS) is 20.0. The molecule has 7 nitrogen and oxygen atoms in total. The van der Waals surface area contributed by atoms with E-state index >= 15 is 0 Å². The molecule has 1 amide bonds. The van der Waals surface area contributed by atoms with E-state index in [1.807, 2.05) is 12.1 Å². The largest absolute Gasteiger partial charge is 0.496 e. The highest BCUT2D eigenvalue weighted by atomic mass is 35.5. The van der Waals surface area contributed by atoms with Gasteiger partial charge in [0.05, 0.1) is 36.1 Å². The van der Waals surface area contributed by atoms with Crippen LogP contribution in [0.25, 0.3) is 11.8 Å². The van der Waals surface area contributed by atoms with Gasteiger partial charge in [0.2, 0.25) is 4.45 Å². The molecule has 4 rings (SSSR count). The molecule has 1 aliphatic heterocycles. The fourth-order valence-corrected chi connectivity index (χ4v) is 5.87. The van der Waals surface area contributed by atoms with Crippen LogP contribution in [-0.2, 0) is 16.1 Å². The summed E-state index contributed by atoms with van der Waals surface area (Å²) in [4.78, 5) is 24.1. The van der Waals surface area contributed by atoms with Crippen molar-refractivity contribution in [2.24, 2.45) is 0 Å². The fourth-order valence-electron chi connectivity index (χ4n) is 4.44. The number of benzene rings is 2. The third-order valence-electron chi connectivity index (χ3n) is 6.42. The van der Waals surface area contributed by atoms with Crippen LogP contribution in [0.15, 0.2) is 47.4 Å². The molecule has 1 aliphatic carbocycles. The van der Waals surface area contributed by atoms with E-state index in [4.69, 9.17) is 37.8 Å². The van der Waals surface area contributed by atoms with Crippen LogP contribution in [0.1, 0.15) is 66.1 Å². The van der Waals surface area contributed by atoms with E-state index in [0.29, 0.717) is 39.8 Å². The van der Waals surface area contributed by atoms with Gasteiger partial charge in [-0.1, -0.05) is 66.4 Å². The van der Waals surface area contributed by atoms with Gasteiger partial charge in [0, 0.05) is 16.5 Å². The van der Waals surface area contributed by atoms with Gasteiger partial charge in [-0.15, -0.1) is 0 Å². The first-order valence-electron chi connectivity index (χ1n) is 12.3. The second-order valence-corrected chi connectivity index (χ2v) is 11.6. The van der Waals surface area contributed by atoms with E-state index in [0.717, 1.165) is 18.4 Å². The van der Waals surface area contributed by atoms with E-state index in [2.05, 4.69) is 10.6 Å². The van der Waals surface area contributed by atoms with Gasteiger partial charge in [-0.25, -0.2) is 4.79 Å². The highest BCUT2D eigenvalue weighted by Crippen LogP contribution is 2.42. The molecular weight excluding hydrogens is 547 g/mol. The van der Waals surface area contributed by atoms with Crippen LogP contribution >= 0.6 is 35.0 Å². The number of ether oxygens (including phenoxy) is 2. The van der Waals surface area contributed by atoms with Crippen LogP contribution in [0, 0.1) is 0 Å². The molecule has 2 aromatic rings. The molecule has 2 aromatic carbocycles. The summed E-state index contributed by atoms with van der Waals surface area (Å²) in [6, 6.07) is 10.4. The number of carbonyl (C=O) groups is 2. The van der Waals surface area contributed by atoms with E-state index in [9.17, 15) is 9.59 Å². The predicted molar refractivity (Wildman–Crippen MR) is 152 cm³/mol. The van der Waals surface area contributed by atoms with Gasteiger partial charge < -0.3 is 25.2 Å². The predicted octanol–water partition coefficient (Wildman–Crippen LogP) is 6.60. The molecule has 10 heteroatoms. The zero-order valence-electron chi connectivity index (χ0n) is 21.2. The molecule has 0 saturated heterocycles. The number of nitrogens with one attached hydrogen (secondary N) is 2. The van der Waals surface area contributed by atoms with Gasteiger partial charge in [-0.2, -0.15) is 0 Å². The number of halogens is 2. The van der Waals surface area contributed by atoms with Gasteiger partial charge >= 0.3 is 5.97 Å². The minimum Gasteiger partial charge on any atom is -0.496 e. The van der Waals surface area contributed by atoms with Crippen LogP contribution in [0.2, 0.25) is 5.02 Å². The molecule has 3 N–H and O–H groups in total. The van der Waals surface area contributed by atoms with Crippen molar-refractivity contribution in [1.29, 1.82) is 0 Å². The first-order valence-corrected chi connectivity index (χ1v) is 14.0. The van der Waals surface area contributed by atoms with Gasteiger partial charge in [-0.3, -0.25) is 4.79 Å². The third kappa shape index (κ3) is 7.05. The summed E-state index contributed by atoms with van der Waals surface area (Å²) in [6.07, 6.45) is 7.63. The standard InChI is InChI=1S/C28H30Cl2N2O5S/c1-17(27(34)35)11-18-7-6-8-20(12-18)26(33)32-28(30)31-23(16-38-28)25-22(29)13-19(14-24(25)36-2)15-37-21-9-4-3-5-10-21/h6-8,11-14,16,21,31H,3-5,9-10,15H2,1-2H3,(H,32,33)(H,34,35)/b17-11+. The maximum atomic E-state index is 13.0. The maximum Gasteiger partial charge on any atom is 0.331 e. The quantitative estimate of drug-likeness (QED) is 0.176. The number of amides is 1. The molecule has 1 saturated carbocycles. The molecule has 1 fully saturated rings. The molecule has 2 aliphatic rings. The van der Waals surface area contributed by atoms with Crippen molar-refractivity contribution in [1.82, 2.24) is 10.6 Å². The Balaban J connectivity index is 1.44. The first-order chi connectivity index (χ1) is 18.2. The number of carboxylic acid groups (broad SMARTS) is 1. The number of methoxy groups -OCH3 is 1. The second kappa shape index (κ2) is 12.5. The summed E-state index contributed by atoms with van der Waals surface area (Å²) in [5.74, 6) is -0.880. The summed E-state index contributed by atoms with van der Waals surface area (Å²) in [7, 11) is 1.58. The number of hydrogen-bond donors (Lipinski definition) is 3. The van der Waals surface area contributed by atoms with E-state index in [-0.39, 0.29) is 11.7 Å². The van der Waals surface area contributed by atoms with Gasteiger partial charge in [0.1, 0.15) is 5.75 Å². The average molecular weight is 578 g/mol. The highest BCUT2D eigenvalue weighted by molar-refractivity contribution is 8.05. The van der Waals surface area contributed by atoms with Crippen molar-refractivity contribution in [3.05, 3.63) is 74.7 Å². The Bertz CT molecular complexity index is 1280. The summed E-state index contributed by atoms with van der Waals surface area (Å²) in [5, 5.41) is 17.3. The second-order valence-electron chi connectivity index (χ2n) is 9.31. The van der Waals surface area contributed by atoms with Crippen LogP contribution in [0.4, 0.5) is 0 Å². The summed E-state index contributed by atoms with van der Waals surface area (Å²) >= 11 is 14.6. The lowest BCUT2D eigenvalue weighted by molar-refractivity contribution is -0.132. The minimum atomic E-state index is -1.35. The van der Waals surface area contributed by atoms with Crippen molar-refractivity contribution in [2.75, 3.05) is 7.11 Å². The Morgan fingerprint density at radius 3 is 2.71 bits per heavy atom. The molecule has 0 radical (unpaired) electrons. The van der Waals surface area contributed by atoms with Crippen LogP contribution in [0.3, 0.4) is 0 Å². The summed E-state index contributed by atoms with van der Waals surface area (Å²) < 4.78 is 10.4. The molecule has 202 valence electrons. The highest BCUT2D eigenvalue weighted by Gasteiger charge is 2.36. The van der Waals surface area contributed by atoms with Gasteiger partial charge in [0.15, 0.2) is 0 Å². The van der Waals surface area contributed by atoms with Crippen LogP contribution in [-0.4, -0.2) is 34.7 Å². The number of alkyl halides is 1. The Labute approximate surface area is 236 Å². The smallest absolute Gasteiger partial charge is 0.331 e. The lowest BCUT2D eigenvalue weighted by atomic mass is 9.98. The number of rotatable bonds is 9. The number of carboxylic acids is 1. The molecule has 1 atom stereocenters. The Morgan fingerprint density at radius 1 is 1.24 bits per heavy atom. The average Bonchev–Trinajstić information content (AvgIpc) is 3.28. The molecule has 38 heavy (non-hydrogen) atoms. The van der Waals surface area contributed by atoms with Crippen molar-refractivity contribution >= 4 is 58.6 Å². The van der Waals surface area contributed by atoms with Crippen molar-refractivity contribution in [3.63, 3.8) is 0 Å². The molecule has 0 bridgehead atoms. The van der Waals surface area contributed by atoms with E-state index in [1.54, 1.807) is 36.8 Å². The molecular formula is C28H30Cl2N2O5S.